The van der Waals surface area contributed by atoms with Gasteiger partial charge in [0.05, 0.1) is 5.56 Å². The average Bonchev–Trinajstić information content (AvgIpc) is 2.62. The van der Waals surface area contributed by atoms with Gasteiger partial charge in [-0.25, -0.2) is 9.78 Å². The second-order valence-electron chi connectivity index (χ2n) is 5.22. The summed E-state index contributed by atoms with van der Waals surface area (Å²) in [4.78, 5) is 19.4. The van der Waals surface area contributed by atoms with Gasteiger partial charge in [-0.2, -0.15) is 4.98 Å². The van der Waals surface area contributed by atoms with Gasteiger partial charge in [0.1, 0.15) is 5.82 Å². The molecule has 1 aromatic heterocycles. The molecule has 26 heavy (non-hydrogen) atoms. The highest BCUT2D eigenvalue weighted by atomic mass is 35.5. The number of rotatable bonds is 6. The van der Waals surface area contributed by atoms with E-state index in [2.05, 4.69) is 20.6 Å². The normalized spacial score (nSPS) is 9.88. The first-order chi connectivity index (χ1) is 12.1. The number of benzene rings is 2. The largest absolute Gasteiger partial charge is 0.478 e. The fourth-order valence-corrected chi connectivity index (χ4v) is 2.37. The number of carbonyl (C=O) groups is 1. The molecule has 1 heterocycles. The van der Waals surface area contributed by atoms with Crippen molar-refractivity contribution in [3.05, 3.63) is 76.9 Å². The number of nitrogens with one attached hydrogen (secondary N) is 2. The molecule has 3 rings (SSSR count). The van der Waals surface area contributed by atoms with Crippen LogP contribution in [0.1, 0.15) is 15.9 Å². The predicted molar refractivity (Wildman–Crippen MR) is 105 cm³/mol. The summed E-state index contributed by atoms with van der Waals surface area (Å²) in [6.45, 7) is 0.545. The van der Waals surface area contributed by atoms with E-state index in [4.69, 9.17) is 16.7 Å². The SMILES string of the molecule is Cl.O=C(O)c1ccc(Nc2nccc(NCc3ccccc3Cl)n2)cc1. The number of aromatic nitrogens is 2. The van der Waals surface area contributed by atoms with Crippen LogP contribution in [0.2, 0.25) is 5.02 Å². The monoisotopic (exact) mass is 390 g/mol. The van der Waals surface area contributed by atoms with Gasteiger partial charge in [0, 0.05) is 23.5 Å². The zero-order valence-corrected chi connectivity index (χ0v) is 15.1. The van der Waals surface area contributed by atoms with Crippen molar-refractivity contribution in [3.63, 3.8) is 0 Å². The first-order valence-corrected chi connectivity index (χ1v) is 7.90. The minimum absolute atomic E-state index is 0. The Morgan fingerprint density at radius 3 is 2.50 bits per heavy atom. The Hall–Kier alpha value is -2.83. The topological polar surface area (TPSA) is 87.1 Å². The van der Waals surface area contributed by atoms with Crippen LogP contribution in [0.4, 0.5) is 17.5 Å². The molecule has 0 saturated carbocycles. The van der Waals surface area contributed by atoms with Crippen LogP contribution in [-0.2, 0) is 6.54 Å². The van der Waals surface area contributed by atoms with Crippen LogP contribution in [0.5, 0.6) is 0 Å². The highest BCUT2D eigenvalue weighted by molar-refractivity contribution is 6.31. The van der Waals surface area contributed by atoms with Gasteiger partial charge in [-0.05, 0) is 42.0 Å². The van der Waals surface area contributed by atoms with Gasteiger partial charge in [-0.1, -0.05) is 29.8 Å². The summed E-state index contributed by atoms with van der Waals surface area (Å²) in [6.07, 6.45) is 1.63. The zero-order chi connectivity index (χ0) is 17.6. The molecular weight excluding hydrogens is 375 g/mol. The summed E-state index contributed by atoms with van der Waals surface area (Å²) >= 11 is 6.14. The van der Waals surface area contributed by atoms with E-state index in [1.807, 2.05) is 24.3 Å². The quantitative estimate of drug-likeness (QED) is 0.569. The van der Waals surface area contributed by atoms with E-state index >= 15 is 0 Å². The Morgan fingerprint density at radius 1 is 1.08 bits per heavy atom. The molecule has 0 atom stereocenters. The predicted octanol–water partition coefficient (Wildman–Crippen LogP) is 4.61. The smallest absolute Gasteiger partial charge is 0.335 e. The Morgan fingerprint density at radius 2 is 1.81 bits per heavy atom. The van der Waals surface area contributed by atoms with Crippen LogP contribution in [0.25, 0.3) is 0 Å². The fraction of sp³-hybridized carbons (Fsp3) is 0.0556. The number of carboxylic acids is 1. The number of halogens is 2. The zero-order valence-electron chi connectivity index (χ0n) is 13.5. The standard InChI is InChI=1S/C18H15ClN4O2.ClH/c19-15-4-2-1-3-13(15)11-21-16-9-10-20-18(23-16)22-14-7-5-12(6-8-14)17(24)25;/h1-10H,11H2,(H,24,25)(H2,20,21,22,23);1H. The molecule has 0 radical (unpaired) electrons. The maximum Gasteiger partial charge on any atom is 0.335 e. The molecule has 2 aromatic carbocycles. The molecule has 0 fully saturated rings. The third-order valence-electron chi connectivity index (χ3n) is 3.46. The van der Waals surface area contributed by atoms with Crippen LogP contribution in [0, 0.1) is 0 Å². The van der Waals surface area contributed by atoms with Gasteiger partial charge >= 0.3 is 5.97 Å². The Kier molecular flexibility index (Phi) is 6.77. The molecule has 8 heteroatoms. The lowest BCUT2D eigenvalue weighted by molar-refractivity contribution is 0.0697. The van der Waals surface area contributed by atoms with E-state index in [0.29, 0.717) is 29.0 Å². The van der Waals surface area contributed by atoms with Crippen LogP contribution in [-0.4, -0.2) is 21.0 Å². The minimum Gasteiger partial charge on any atom is -0.478 e. The number of aromatic carboxylic acids is 1. The van der Waals surface area contributed by atoms with Gasteiger partial charge in [0.25, 0.3) is 0 Å². The summed E-state index contributed by atoms with van der Waals surface area (Å²) in [5.74, 6) is 0.0976. The Labute approximate surface area is 161 Å². The minimum atomic E-state index is -0.964. The average molecular weight is 391 g/mol. The summed E-state index contributed by atoms with van der Waals surface area (Å²) in [6, 6.07) is 15.7. The molecule has 0 amide bonds. The molecule has 0 aliphatic rings. The van der Waals surface area contributed by atoms with E-state index in [0.717, 1.165) is 5.56 Å². The van der Waals surface area contributed by atoms with Crippen LogP contribution in [0.3, 0.4) is 0 Å². The lowest BCUT2D eigenvalue weighted by Crippen LogP contribution is -2.04. The molecule has 134 valence electrons. The number of nitrogens with zero attached hydrogens (tertiary/aromatic N) is 2. The molecular formula is C18H16Cl2N4O2. The summed E-state index contributed by atoms with van der Waals surface area (Å²) in [7, 11) is 0. The van der Waals surface area contributed by atoms with E-state index in [1.54, 1.807) is 24.4 Å². The van der Waals surface area contributed by atoms with Gasteiger partial charge in [0.15, 0.2) is 0 Å². The van der Waals surface area contributed by atoms with E-state index < -0.39 is 5.97 Å². The molecule has 3 aromatic rings. The Bertz CT molecular complexity index is 888. The van der Waals surface area contributed by atoms with Crippen molar-refractivity contribution in [2.45, 2.75) is 6.54 Å². The second kappa shape index (κ2) is 9.03. The van der Waals surface area contributed by atoms with Crippen molar-refractivity contribution in [2.24, 2.45) is 0 Å². The molecule has 0 unspecified atom stereocenters. The van der Waals surface area contributed by atoms with Crippen LogP contribution >= 0.6 is 24.0 Å². The first-order valence-electron chi connectivity index (χ1n) is 7.52. The van der Waals surface area contributed by atoms with Crippen molar-refractivity contribution < 1.29 is 9.90 Å². The van der Waals surface area contributed by atoms with Crippen molar-refractivity contribution in [3.8, 4) is 0 Å². The van der Waals surface area contributed by atoms with E-state index in [9.17, 15) is 4.79 Å². The lowest BCUT2D eigenvalue weighted by atomic mass is 10.2. The van der Waals surface area contributed by atoms with E-state index in [-0.39, 0.29) is 18.0 Å². The van der Waals surface area contributed by atoms with Crippen molar-refractivity contribution in [1.82, 2.24) is 9.97 Å². The van der Waals surface area contributed by atoms with Crippen LogP contribution in [0.15, 0.2) is 60.8 Å². The molecule has 6 nitrogen and oxygen atoms in total. The Balaban J connectivity index is 0.00000243. The molecule has 0 aliphatic carbocycles. The second-order valence-corrected chi connectivity index (χ2v) is 5.63. The third kappa shape index (κ3) is 5.08. The van der Waals surface area contributed by atoms with Gasteiger partial charge in [-0.15, -0.1) is 12.4 Å². The molecule has 3 N–H and O–H groups in total. The van der Waals surface area contributed by atoms with Crippen molar-refractivity contribution >= 4 is 47.4 Å². The lowest BCUT2D eigenvalue weighted by Gasteiger charge is -2.09. The summed E-state index contributed by atoms with van der Waals surface area (Å²) < 4.78 is 0. The van der Waals surface area contributed by atoms with Gasteiger partial charge in [0.2, 0.25) is 5.95 Å². The highest BCUT2D eigenvalue weighted by Gasteiger charge is 2.04. The maximum atomic E-state index is 10.9. The first kappa shape index (κ1) is 19.5. The molecule has 0 spiro atoms. The number of hydrogen-bond acceptors (Lipinski definition) is 5. The highest BCUT2D eigenvalue weighted by Crippen LogP contribution is 2.18. The molecule has 0 saturated heterocycles. The maximum absolute atomic E-state index is 10.9. The van der Waals surface area contributed by atoms with Gasteiger partial charge < -0.3 is 15.7 Å². The number of hydrogen-bond donors (Lipinski definition) is 3. The van der Waals surface area contributed by atoms with Crippen LogP contribution < -0.4 is 10.6 Å². The number of anilines is 3. The van der Waals surface area contributed by atoms with Crippen molar-refractivity contribution in [1.29, 1.82) is 0 Å². The summed E-state index contributed by atoms with van der Waals surface area (Å²) in [5.41, 5.74) is 1.90. The molecule has 0 aliphatic heterocycles. The van der Waals surface area contributed by atoms with Gasteiger partial charge in [-0.3, -0.25) is 0 Å². The fourth-order valence-electron chi connectivity index (χ4n) is 2.17. The summed E-state index contributed by atoms with van der Waals surface area (Å²) in [5, 5.41) is 15.8. The molecule has 0 bridgehead atoms. The van der Waals surface area contributed by atoms with Crippen molar-refractivity contribution in [2.75, 3.05) is 10.6 Å². The number of carboxylic acid groups (broad SMARTS) is 1. The third-order valence-corrected chi connectivity index (χ3v) is 3.83. The van der Waals surface area contributed by atoms with E-state index in [1.165, 1.54) is 12.1 Å².